The number of carbonyl (C=O) groups is 1. The Kier molecular flexibility index (Phi) is 4.76. The average molecular weight is 349 g/mol. The van der Waals surface area contributed by atoms with Crippen LogP contribution in [0.5, 0.6) is 0 Å². The first-order valence-electron chi connectivity index (χ1n) is 8.73. The first-order valence-corrected chi connectivity index (χ1v) is 9.11. The largest absolute Gasteiger partial charge is 0.478 e. The fourth-order valence-corrected chi connectivity index (χ4v) is 4.67. The van der Waals surface area contributed by atoms with Crippen molar-refractivity contribution in [2.24, 2.45) is 17.8 Å². The minimum atomic E-state index is -0.913. The molecule has 1 aromatic carbocycles. The van der Waals surface area contributed by atoms with Crippen LogP contribution in [0.1, 0.15) is 61.4 Å². The van der Waals surface area contributed by atoms with Gasteiger partial charge in [-0.25, -0.2) is 4.79 Å². The van der Waals surface area contributed by atoms with E-state index in [1.807, 2.05) is 6.07 Å². The maximum absolute atomic E-state index is 11.1. The van der Waals surface area contributed by atoms with Crippen molar-refractivity contribution in [3.8, 4) is 0 Å². The third kappa shape index (κ3) is 3.25. The van der Waals surface area contributed by atoms with Gasteiger partial charge in [-0.1, -0.05) is 43.7 Å². The van der Waals surface area contributed by atoms with Crippen LogP contribution in [-0.2, 0) is 0 Å². The lowest BCUT2D eigenvalue weighted by atomic mass is 9.60. The summed E-state index contributed by atoms with van der Waals surface area (Å²) >= 11 is 6.50. The molecule has 24 heavy (non-hydrogen) atoms. The monoisotopic (exact) mass is 348 g/mol. The molecule has 2 aliphatic carbocycles. The Hall–Kier alpha value is -1.32. The summed E-state index contributed by atoms with van der Waals surface area (Å²) in [6.07, 6.45) is 5.43. The Morgan fingerprint density at radius 1 is 1.29 bits per heavy atom. The van der Waals surface area contributed by atoms with Crippen molar-refractivity contribution in [1.82, 2.24) is 0 Å². The number of allylic oxidation sites excluding steroid dienone is 1. The van der Waals surface area contributed by atoms with Crippen LogP contribution >= 0.6 is 11.6 Å². The van der Waals surface area contributed by atoms with Gasteiger partial charge in [-0.05, 0) is 61.1 Å². The molecule has 1 aromatic rings. The van der Waals surface area contributed by atoms with Crippen molar-refractivity contribution in [2.75, 3.05) is 0 Å². The maximum Gasteiger partial charge on any atom is 0.335 e. The summed E-state index contributed by atoms with van der Waals surface area (Å²) in [5.74, 6) is 0.391. The molecule has 2 unspecified atom stereocenters. The zero-order valence-corrected chi connectivity index (χ0v) is 15.0. The molecule has 3 rings (SSSR count). The third-order valence-electron chi connectivity index (χ3n) is 5.80. The molecule has 2 N–H and O–H groups in total. The zero-order chi connectivity index (χ0) is 17.5. The van der Waals surface area contributed by atoms with Crippen LogP contribution in [0.25, 0.3) is 0 Å². The van der Waals surface area contributed by atoms with Gasteiger partial charge in [0.05, 0.1) is 11.2 Å². The first-order chi connectivity index (χ1) is 11.3. The van der Waals surface area contributed by atoms with Gasteiger partial charge in [0.15, 0.2) is 0 Å². The van der Waals surface area contributed by atoms with Crippen LogP contribution in [0.15, 0.2) is 35.4 Å². The molecule has 0 bridgehead atoms. The second kappa shape index (κ2) is 6.53. The number of rotatable bonds is 4. The molecular formula is C20H25ClO3. The van der Waals surface area contributed by atoms with Gasteiger partial charge in [0, 0.05) is 11.0 Å². The SMILES string of the molecule is CC(C)C1C=C(Cl)C(C2(O)CC(c3cccc(C(=O)O)c3)C2)CC1. The van der Waals surface area contributed by atoms with Gasteiger partial charge in [0.25, 0.3) is 0 Å². The molecule has 0 spiro atoms. The van der Waals surface area contributed by atoms with Gasteiger partial charge in [-0.2, -0.15) is 0 Å². The molecule has 0 aromatic heterocycles. The van der Waals surface area contributed by atoms with E-state index in [9.17, 15) is 9.90 Å². The summed E-state index contributed by atoms with van der Waals surface area (Å²) in [4.78, 5) is 11.1. The van der Waals surface area contributed by atoms with Gasteiger partial charge < -0.3 is 10.2 Å². The summed E-state index contributed by atoms with van der Waals surface area (Å²) in [6, 6.07) is 7.05. The Morgan fingerprint density at radius 3 is 2.58 bits per heavy atom. The molecule has 2 aliphatic rings. The fourth-order valence-electron chi connectivity index (χ4n) is 4.19. The van der Waals surface area contributed by atoms with Gasteiger partial charge in [-0.3, -0.25) is 0 Å². The highest BCUT2D eigenvalue weighted by molar-refractivity contribution is 6.30. The summed E-state index contributed by atoms with van der Waals surface area (Å²) in [5.41, 5.74) is 0.549. The maximum atomic E-state index is 11.1. The first kappa shape index (κ1) is 17.5. The van der Waals surface area contributed by atoms with Gasteiger partial charge >= 0.3 is 5.97 Å². The van der Waals surface area contributed by atoms with Crippen LogP contribution in [0.4, 0.5) is 0 Å². The highest BCUT2D eigenvalue weighted by Gasteiger charge is 2.50. The summed E-state index contributed by atoms with van der Waals surface area (Å²) in [5, 5.41) is 20.9. The van der Waals surface area contributed by atoms with Gasteiger partial charge in [0.2, 0.25) is 0 Å². The van der Waals surface area contributed by atoms with Crippen LogP contribution in [0, 0.1) is 17.8 Å². The van der Waals surface area contributed by atoms with Crippen molar-refractivity contribution in [3.05, 3.63) is 46.5 Å². The van der Waals surface area contributed by atoms with E-state index in [2.05, 4.69) is 19.9 Å². The van der Waals surface area contributed by atoms with E-state index >= 15 is 0 Å². The van der Waals surface area contributed by atoms with Gasteiger partial charge in [-0.15, -0.1) is 0 Å². The Balaban J connectivity index is 1.70. The molecule has 1 fully saturated rings. The molecule has 0 saturated heterocycles. The Labute approximate surface area is 148 Å². The number of aliphatic hydroxyl groups is 1. The Bertz CT molecular complexity index is 659. The molecule has 3 nitrogen and oxygen atoms in total. The van der Waals surface area contributed by atoms with Gasteiger partial charge in [0.1, 0.15) is 0 Å². The number of carboxylic acids is 1. The molecule has 0 aliphatic heterocycles. The molecule has 0 heterocycles. The molecule has 2 atom stereocenters. The predicted molar refractivity (Wildman–Crippen MR) is 95.3 cm³/mol. The molecule has 0 radical (unpaired) electrons. The second-order valence-corrected chi connectivity index (χ2v) is 8.17. The van der Waals surface area contributed by atoms with Crippen molar-refractivity contribution < 1.29 is 15.0 Å². The van der Waals surface area contributed by atoms with Crippen LogP contribution in [-0.4, -0.2) is 21.8 Å². The van der Waals surface area contributed by atoms with E-state index in [0.29, 0.717) is 30.2 Å². The lowest BCUT2D eigenvalue weighted by Gasteiger charge is -2.50. The molecular weight excluding hydrogens is 324 g/mol. The zero-order valence-electron chi connectivity index (χ0n) is 14.2. The number of carboxylic acid groups (broad SMARTS) is 1. The van der Waals surface area contributed by atoms with E-state index in [-0.39, 0.29) is 11.8 Å². The lowest BCUT2D eigenvalue weighted by molar-refractivity contribution is -0.0887. The van der Waals surface area contributed by atoms with E-state index in [1.165, 1.54) is 0 Å². The van der Waals surface area contributed by atoms with Crippen molar-refractivity contribution in [2.45, 2.75) is 51.0 Å². The highest BCUT2D eigenvalue weighted by Crippen LogP contribution is 2.54. The average Bonchev–Trinajstić information content (AvgIpc) is 2.51. The number of halogens is 1. The van der Waals surface area contributed by atoms with Crippen LogP contribution in [0.2, 0.25) is 0 Å². The molecule has 130 valence electrons. The van der Waals surface area contributed by atoms with Crippen LogP contribution < -0.4 is 0 Å². The fraction of sp³-hybridized carbons (Fsp3) is 0.550. The smallest absolute Gasteiger partial charge is 0.335 e. The summed E-state index contributed by atoms with van der Waals surface area (Å²) in [6.45, 7) is 4.41. The quantitative estimate of drug-likeness (QED) is 0.821. The number of hydrogen-bond donors (Lipinski definition) is 2. The van der Waals surface area contributed by atoms with Crippen LogP contribution in [0.3, 0.4) is 0 Å². The normalized spacial score (nSPS) is 33.0. The number of benzene rings is 1. The predicted octanol–water partition coefficient (Wildman–Crippen LogP) is 4.80. The standard InChI is InChI=1S/C20H25ClO3/c1-12(2)13-6-7-17(18(21)9-13)20(24)10-16(11-20)14-4-3-5-15(8-14)19(22)23/h3-5,8-9,12-13,16-17,24H,6-7,10-11H2,1-2H3,(H,22,23). The van der Waals surface area contributed by atoms with E-state index in [4.69, 9.17) is 16.7 Å². The number of hydrogen-bond acceptors (Lipinski definition) is 2. The van der Waals surface area contributed by atoms with E-state index in [1.54, 1.807) is 18.2 Å². The molecule has 0 amide bonds. The minimum absolute atomic E-state index is 0.0214. The third-order valence-corrected chi connectivity index (χ3v) is 6.19. The van der Waals surface area contributed by atoms with Crippen molar-refractivity contribution in [1.29, 1.82) is 0 Å². The highest BCUT2D eigenvalue weighted by atomic mass is 35.5. The van der Waals surface area contributed by atoms with E-state index in [0.717, 1.165) is 23.4 Å². The van der Waals surface area contributed by atoms with Crippen molar-refractivity contribution >= 4 is 17.6 Å². The molecule has 1 saturated carbocycles. The van der Waals surface area contributed by atoms with Crippen molar-refractivity contribution in [3.63, 3.8) is 0 Å². The molecule has 4 heteroatoms. The summed E-state index contributed by atoms with van der Waals surface area (Å²) < 4.78 is 0. The minimum Gasteiger partial charge on any atom is -0.478 e. The van der Waals surface area contributed by atoms with E-state index < -0.39 is 11.6 Å². The Morgan fingerprint density at radius 2 is 2.00 bits per heavy atom. The summed E-state index contributed by atoms with van der Waals surface area (Å²) in [7, 11) is 0. The number of aromatic carboxylic acids is 1. The second-order valence-electron chi connectivity index (χ2n) is 7.73. The topological polar surface area (TPSA) is 57.5 Å². The lowest BCUT2D eigenvalue weighted by Crippen LogP contribution is -2.50.